The van der Waals surface area contributed by atoms with Crippen molar-refractivity contribution in [2.45, 2.75) is 62.9 Å². The van der Waals surface area contributed by atoms with E-state index in [2.05, 4.69) is 56.7 Å². The number of rotatable bonds is 2. The molecule has 5 heteroatoms. The Hall–Kier alpha value is -1.12. The summed E-state index contributed by atoms with van der Waals surface area (Å²) < 4.78 is 1.03. The van der Waals surface area contributed by atoms with Crippen LogP contribution in [0.25, 0.3) is 0 Å². The van der Waals surface area contributed by atoms with Gasteiger partial charge in [-0.2, -0.15) is 5.26 Å². The van der Waals surface area contributed by atoms with E-state index in [1.807, 2.05) is 6.20 Å². The SMILES string of the molecule is CC1(C)CN(C2CC(C#N)(N3CCCCC3)C2)c2cc(Br)cnc21. The predicted octanol–water partition coefficient (Wildman–Crippen LogP) is 3.85. The van der Waals surface area contributed by atoms with E-state index >= 15 is 0 Å². The molecule has 0 radical (unpaired) electrons. The molecule has 128 valence electrons. The number of aromatic nitrogens is 1. The number of likely N-dealkylation sites (tertiary alicyclic amines) is 1. The maximum Gasteiger partial charge on any atom is 0.113 e. The van der Waals surface area contributed by atoms with Gasteiger partial charge in [0.1, 0.15) is 5.54 Å². The van der Waals surface area contributed by atoms with Gasteiger partial charge in [0.25, 0.3) is 0 Å². The third-order valence-corrected chi connectivity index (χ3v) is 6.54. The summed E-state index contributed by atoms with van der Waals surface area (Å²) in [6.45, 7) is 7.73. The van der Waals surface area contributed by atoms with Gasteiger partial charge in [0.2, 0.25) is 0 Å². The van der Waals surface area contributed by atoms with Gasteiger partial charge in [-0.15, -0.1) is 0 Å². The van der Waals surface area contributed by atoms with Crippen molar-refractivity contribution in [2.75, 3.05) is 24.5 Å². The first-order valence-electron chi connectivity index (χ1n) is 9.04. The first-order valence-corrected chi connectivity index (χ1v) is 9.83. The average Bonchev–Trinajstić information content (AvgIpc) is 2.79. The Labute approximate surface area is 153 Å². The molecule has 24 heavy (non-hydrogen) atoms. The van der Waals surface area contributed by atoms with Crippen LogP contribution in [0.1, 0.15) is 51.6 Å². The molecule has 2 fully saturated rings. The fraction of sp³-hybridized carbons (Fsp3) is 0.684. The highest BCUT2D eigenvalue weighted by molar-refractivity contribution is 9.10. The molecule has 0 aromatic carbocycles. The number of halogens is 1. The molecule has 2 aliphatic heterocycles. The van der Waals surface area contributed by atoms with Crippen molar-refractivity contribution in [3.8, 4) is 6.07 Å². The third-order valence-electron chi connectivity index (χ3n) is 6.11. The lowest BCUT2D eigenvalue weighted by atomic mass is 9.70. The van der Waals surface area contributed by atoms with Crippen molar-refractivity contribution >= 4 is 21.6 Å². The number of nitrogens with zero attached hydrogens (tertiary/aromatic N) is 4. The highest BCUT2D eigenvalue weighted by Gasteiger charge is 2.53. The van der Waals surface area contributed by atoms with Gasteiger partial charge < -0.3 is 4.90 Å². The first kappa shape index (κ1) is 16.4. The summed E-state index contributed by atoms with van der Waals surface area (Å²) in [7, 11) is 0. The first-order chi connectivity index (χ1) is 11.5. The molecule has 3 heterocycles. The minimum Gasteiger partial charge on any atom is -0.366 e. The minimum atomic E-state index is -0.225. The monoisotopic (exact) mass is 388 g/mol. The van der Waals surface area contributed by atoms with Crippen molar-refractivity contribution in [2.24, 2.45) is 0 Å². The van der Waals surface area contributed by atoms with Gasteiger partial charge >= 0.3 is 0 Å². The molecule has 1 aromatic rings. The summed E-state index contributed by atoms with van der Waals surface area (Å²) in [5.41, 5.74) is 2.30. The summed E-state index contributed by atoms with van der Waals surface area (Å²) in [5.74, 6) is 0. The standard InChI is InChI=1S/C19H25BrN4/c1-18(2)13-24(16-8-14(20)11-22-17(16)18)15-9-19(10-15,12-21)23-6-4-3-5-7-23/h8,11,15H,3-7,9-10,13H2,1-2H3. The molecule has 1 saturated carbocycles. The lowest BCUT2D eigenvalue weighted by Crippen LogP contribution is -2.64. The van der Waals surface area contributed by atoms with Crippen molar-refractivity contribution in [3.63, 3.8) is 0 Å². The molecule has 0 atom stereocenters. The van der Waals surface area contributed by atoms with Crippen molar-refractivity contribution in [3.05, 3.63) is 22.4 Å². The summed E-state index contributed by atoms with van der Waals surface area (Å²) in [6, 6.07) is 5.33. The zero-order valence-corrected chi connectivity index (χ0v) is 16.1. The number of fused-ring (bicyclic) bond motifs is 1. The van der Waals surface area contributed by atoms with Crippen LogP contribution >= 0.6 is 15.9 Å². The third kappa shape index (κ3) is 2.46. The van der Waals surface area contributed by atoms with Crippen LogP contribution in [0.4, 0.5) is 5.69 Å². The van der Waals surface area contributed by atoms with Crippen LogP contribution in [-0.2, 0) is 5.41 Å². The van der Waals surface area contributed by atoms with Gasteiger partial charge in [0.05, 0.1) is 17.5 Å². The highest BCUT2D eigenvalue weighted by Crippen LogP contribution is 2.48. The van der Waals surface area contributed by atoms with Crippen LogP contribution in [0.5, 0.6) is 0 Å². The van der Waals surface area contributed by atoms with Crippen LogP contribution in [-0.4, -0.2) is 41.1 Å². The van der Waals surface area contributed by atoms with Gasteiger partial charge in [-0.05, 0) is 60.8 Å². The van der Waals surface area contributed by atoms with Crippen molar-refractivity contribution < 1.29 is 0 Å². The molecule has 3 aliphatic rings. The van der Waals surface area contributed by atoms with E-state index in [9.17, 15) is 5.26 Å². The van der Waals surface area contributed by atoms with Gasteiger partial charge in [-0.1, -0.05) is 20.3 Å². The maximum absolute atomic E-state index is 9.86. The Balaban J connectivity index is 1.55. The summed E-state index contributed by atoms with van der Waals surface area (Å²) in [4.78, 5) is 9.64. The normalized spacial score (nSPS) is 32.1. The molecular weight excluding hydrogens is 364 g/mol. The van der Waals surface area contributed by atoms with E-state index in [4.69, 9.17) is 0 Å². The van der Waals surface area contributed by atoms with E-state index in [1.165, 1.54) is 30.6 Å². The number of hydrogen-bond acceptors (Lipinski definition) is 4. The number of pyridine rings is 1. The van der Waals surface area contributed by atoms with Crippen molar-refractivity contribution in [1.82, 2.24) is 9.88 Å². The van der Waals surface area contributed by atoms with E-state index < -0.39 is 0 Å². The Morgan fingerprint density at radius 3 is 2.62 bits per heavy atom. The zero-order chi connectivity index (χ0) is 16.9. The van der Waals surface area contributed by atoms with Gasteiger partial charge in [0, 0.05) is 28.7 Å². The number of anilines is 1. The molecule has 4 nitrogen and oxygen atoms in total. The molecule has 0 N–H and O–H groups in total. The Bertz CT molecular complexity index is 681. The number of nitriles is 1. The molecule has 1 aliphatic carbocycles. The second-order valence-electron chi connectivity index (χ2n) is 8.29. The van der Waals surface area contributed by atoms with E-state index in [0.717, 1.165) is 36.9 Å². The quantitative estimate of drug-likeness (QED) is 0.771. The molecule has 1 saturated heterocycles. The summed E-state index contributed by atoms with van der Waals surface area (Å²) in [6.07, 6.45) is 7.62. The van der Waals surface area contributed by atoms with Gasteiger partial charge in [-0.3, -0.25) is 9.88 Å². The molecule has 4 rings (SSSR count). The Morgan fingerprint density at radius 1 is 1.25 bits per heavy atom. The average molecular weight is 389 g/mol. The van der Waals surface area contributed by atoms with Crippen LogP contribution in [0.2, 0.25) is 0 Å². The van der Waals surface area contributed by atoms with Gasteiger partial charge in [-0.25, -0.2) is 0 Å². The molecule has 0 spiro atoms. The minimum absolute atomic E-state index is 0.0754. The Kier molecular flexibility index (Phi) is 3.89. The predicted molar refractivity (Wildman–Crippen MR) is 99.1 cm³/mol. The molecule has 0 bridgehead atoms. The molecule has 1 aromatic heterocycles. The van der Waals surface area contributed by atoms with Crippen LogP contribution < -0.4 is 4.90 Å². The lowest BCUT2D eigenvalue weighted by Gasteiger charge is -2.54. The van der Waals surface area contributed by atoms with Crippen LogP contribution in [0.3, 0.4) is 0 Å². The number of hydrogen-bond donors (Lipinski definition) is 0. The number of piperidine rings is 1. The summed E-state index contributed by atoms with van der Waals surface area (Å²) >= 11 is 3.57. The van der Waals surface area contributed by atoms with E-state index in [0.29, 0.717) is 6.04 Å². The smallest absolute Gasteiger partial charge is 0.113 e. The van der Waals surface area contributed by atoms with E-state index in [-0.39, 0.29) is 11.0 Å². The fourth-order valence-electron chi connectivity index (χ4n) is 4.76. The molecule has 0 unspecified atom stereocenters. The van der Waals surface area contributed by atoms with E-state index in [1.54, 1.807) is 0 Å². The maximum atomic E-state index is 9.86. The molecular formula is C19H25BrN4. The topological polar surface area (TPSA) is 43.2 Å². The summed E-state index contributed by atoms with van der Waals surface area (Å²) in [5, 5.41) is 9.86. The van der Waals surface area contributed by atoms with Gasteiger partial charge in [0.15, 0.2) is 0 Å². The largest absolute Gasteiger partial charge is 0.366 e. The Morgan fingerprint density at radius 2 is 1.96 bits per heavy atom. The lowest BCUT2D eigenvalue weighted by molar-refractivity contribution is 0.0315. The second kappa shape index (κ2) is 5.71. The second-order valence-corrected chi connectivity index (χ2v) is 9.20. The highest BCUT2D eigenvalue weighted by atomic mass is 79.9. The molecule has 0 amide bonds. The fourth-order valence-corrected chi connectivity index (χ4v) is 5.08. The van der Waals surface area contributed by atoms with Crippen LogP contribution in [0.15, 0.2) is 16.7 Å². The zero-order valence-electron chi connectivity index (χ0n) is 14.6. The van der Waals surface area contributed by atoms with Crippen molar-refractivity contribution in [1.29, 1.82) is 5.26 Å². The van der Waals surface area contributed by atoms with Crippen LogP contribution in [0, 0.1) is 11.3 Å².